The zero-order valence-corrected chi connectivity index (χ0v) is 13.0. The lowest BCUT2D eigenvalue weighted by Gasteiger charge is -2.20. The molecular weight excluding hydrogens is 274 g/mol. The van der Waals surface area contributed by atoms with Gasteiger partial charge in [0, 0.05) is 24.8 Å². The molecule has 1 heterocycles. The number of amides is 2. The number of hydrogen-bond acceptors (Lipinski definition) is 4. The number of rotatable bonds is 7. The van der Waals surface area contributed by atoms with Crippen molar-refractivity contribution < 1.29 is 9.59 Å². The minimum Gasteiger partial charge on any atom is -0.355 e. The zero-order chi connectivity index (χ0) is 15.0. The molecule has 0 spiro atoms. The lowest BCUT2D eigenvalue weighted by Crippen LogP contribution is -2.40. The molecule has 2 amide bonds. The van der Waals surface area contributed by atoms with Crippen molar-refractivity contribution in [2.24, 2.45) is 0 Å². The maximum Gasteiger partial charge on any atom is 0.254 e. The van der Waals surface area contributed by atoms with E-state index < -0.39 is 0 Å². The lowest BCUT2D eigenvalue weighted by atomic mass is 10.2. The number of aromatic nitrogens is 1. The summed E-state index contributed by atoms with van der Waals surface area (Å²) in [5.74, 6) is 0.625. The van der Waals surface area contributed by atoms with E-state index in [9.17, 15) is 9.59 Å². The highest BCUT2D eigenvalue weighted by Crippen LogP contribution is 2.16. The molecule has 5 nitrogen and oxygen atoms in total. The van der Waals surface area contributed by atoms with E-state index in [0.29, 0.717) is 18.7 Å². The zero-order valence-electron chi connectivity index (χ0n) is 12.2. The Hall–Kier alpha value is -1.56. The number of carbonyl (C=O) groups is 2. The smallest absolute Gasteiger partial charge is 0.254 e. The second kappa shape index (κ2) is 8.58. The summed E-state index contributed by atoms with van der Waals surface area (Å²) in [7, 11) is 0. The molecule has 1 N–H and O–H groups in total. The van der Waals surface area contributed by atoms with Crippen LogP contribution >= 0.6 is 11.8 Å². The predicted molar refractivity (Wildman–Crippen MR) is 80.9 cm³/mol. The van der Waals surface area contributed by atoms with Crippen molar-refractivity contribution in [2.45, 2.75) is 25.8 Å². The Labute approximate surface area is 124 Å². The standard InChI is InChI=1S/C14H21N3O2S/c1-4-15-12(18)10-17(5-2)14(19)11-7-8-16-13(9-11)20-6-3/h7-9H,4-6,10H2,1-3H3,(H,15,18). The first-order chi connectivity index (χ1) is 9.62. The van der Waals surface area contributed by atoms with Crippen LogP contribution in [0.15, 0.2) is 23.4 Å². The van der Waals surface area contributed by atoms with Crippen molar-refractivity contribution in [2.75, 3.05) is 25.4 Å². The summed E-state index contributed by atoms with van der Waals surface area (Å²) in [6, 6.07) is 3.46. The third kappa shape index (κ3) is 4.85. The maximum atomic E-state index is 12.4. The van der Waals surface area contributed by atoms with E-state index in [0.717, 1.165) is 10.8 Å². The molecular formula is C14H21N3O2S. The van der Waals surface area contributed by atoms with Gasteiger partial charge in [0.05, 0.1) is 11.6 Å². The lowest BCUT2D eigenvalue weighted by molar-refractivity contribution is -0.121. The van der Waals surface area contributed by atoms with Crippen molar-refractivity contribution in [3.05, 3.63) is 23.9 Å². The molecule has 110 valence electrons. The van der Waals surface area contributed by atoms with E-state index in [1.807, 2.05) is 20.8 Å². The van der Waals surface area contributed by atoms with Crippen LogP contribution in [0.4, 0.5) is 0 Å². The second-order valence-electron chi connectivity index (χ2n) is 4.09. The van der Waals surface area contributed by atoms with Crippen LogP contribution in [0, 0.1) is 0 Å². The molecule has 0 bridgehead atoms. The molecule has 0 saturated heterocycles. The van der Waals surface area contributed by atoms with Gasteiger partial charge >= 0.3 is 0 Å². The van der Waals surface area contributed by atoms with Gasteiger partial charge in [0.15, 0.2) is 0 Å². The van der Waals surface area contributed by atoms with Crippen LogP contribution in [-0.4, -0.2) is 47.1 Å². The Kier molecular flexibility index (Phi) is 7.08. The highest BCUT2D eigenvalue weighted by Gasteiger charge is 2.17. The SMILES string of the molecule is CCNC(=O)CN(CC)C(=O)c1ccnc(SCC)c1. The number of pyridine rings is 1. The van der Waals surface area contributed by atoms with E-state index in [1.165, 1.54) is 4.90 Å². The third-order valence-electron chi connectivity index (χ3n) is 2.65. The monoisotopic (exact) mass is 295 g/mol. The Morgan fingerprint density at radius 2 is 2.10 bits per heavy atom. The summed E-state index contributed by atoms with van der Waals surface area (Å²) >= 11 is 1.59. The van der Waals surface area contributed by atoms with Gasteiger partial charge in [0.1, 0.15) is 0 Å². The molecule has 20 heavy (non-hydrogen) atoms. The molecule has 0 aromatic carbocycles. The molecule has 0 fully saturated rings. The van der Waals surface area contributed by atoms with Gasteiger partial charge in [-0.1, -0.05) is 6.92 Å². The van der Waals surface area contributed by atoms with Gasteiger partial charge in [-0.3, -0.25) is 9.59 Å². The predicted octanol–water partition coefficient (Wildman–Crippen LogP) is 1.79. The van der Waals surface area contributed by atoms with Gasteiger partial charge in [-0.15, -0.1) is 11.8 Å². The first-order valence-corrected chi connectivity index (χ1v) is 7.75. The van der Waals surface area contributed by atoms with Crippen molar-refractivity contribution >= 4 is 23.6 Å². The summed E-state index contributed by atoms with van der Waals surface area (Å²) in [5, 5.41) is 3.53. The quantitative estimate of drug-likeness (QED) is 0.779. The van der Waals surface area contributed by atoms with Crippen LogP contribution in [0.1, 0.15) is 31.1 Å². The highest BCUT2D eigenvalue weighted by molar-refractivity contribution is 7.99. The highest BCUT2D eigenvalue weighted by atomic mass is 32.2. The minimum absolute atomic E-state index is 0.0851. The Morgan fingerprint density at radius 1 is 1.35 bits per heavy atom. The van der Waals surface area contributed by atoms with Crippen molar-refractivity contribution in [3.63, 3.8) is 0 Å². The molecule has 0 aliphatic carbocycles. The average Bonchev–Trinajstić information content (AvgIpc) is 2.45. The van der Waals surface area contributed by atoms with Gasteiger partial charge in [0.25, 0.3) is 5.91 Å². The van der Waals surface area contributed by atoms with Crippen LogP contribution in [0.2, 0.25) is 0 Å². The summed E-state index contributed by atoms with van der Waals surface area (Å²) < 4.78 is 0. The number of nitrogens with one attached hydrogen (secondary N) is 1. The number of likely N-dealkylation sites (N-methyl/N-ethyl adjacent to an activating group) is 2. The topological polar surface area (TPSA) is 62.3 Å². The van der Waals surface area contributed by atoms with E-state index in [-0.39, 0.29) is 18.4 Å². The molecule has 1 rings (SSSR count). The molecule has 0 saturated carbocycles. The van der Waals surface area contributed by atoms with E-state index in [4.69, 9.17) is 0 Å². The maximum absolute atomic E-state index is 12.4. The Morgan fingerprint density at radius 3 is 2.70 bits per heavy atom. The average molecular weight is 295 g/mol. The first-order valence-electron chi connectivity index (χ1n) is 6.77. The van der Waals surface area contributed by atoms with Gasteiger partial charge in [-0.05, 0) is 31.7 Å². The molecule has 0 radical (unpaired) electrons. The number of nitrogens with zero attached hydrogens (tertiary/aromatic N) is 2. The third-order valence-corrected chi connectivity index (χ3v) is 3.46. The number of carbonyl (C=O) groups excluding carboxylic acids is 2. The van der Waals surface area contributed by atoms with Crippen LogP contribution in [-0.2, 0) is 4.79 Å². The first kappa shape index (κ1) is 16.5. The van der Waals surface area contributed by atoms with Gasteiger partial charge in [0.2, 0.25) is 5.91 Å². The normalized spacial score (nSPS) is 10.2. The fourth-order valence-corrected chi connectivity index (χ4v) is 2.35. The van der Waals surface area contributed by atoms with E-state index >= 15 is 0 Å². The fraction of sp³-hybridized carbons (Fsp3) is 0.500. The van der Waals surface area contributed by atoms with Crippen LogP contribution < -0.4 is 5.32 Å². The fourth-order valence-electron chi connectivity index (χ4n) is 1.71. The summed E-state index contributed by atoms with van der Waals surface area (Å²) in [4.78, 5) is 29.7. The molecule has 0 aliphatic rings. The molecule has 1 aromatic rings. The van der Waals surface area contributed by atoms with Crippen molar-refractivity contribution in [3.8, 4) is 0 Å². The van der Waals surface area contributed by atoms with Gasteiger partial charge in [-0.2, -0.15) is 0 Å². The molecule has 1 aromatic heterocycles. The molecule has 0 unspecified atom stereocenters. The van der Waals surface area contributed by atoms with E-state index in [1.54, 1.807) is 30.1 Å². The number of hydrogen-bond donors (Lipinski definition) is 1. The Balaban J connectivity index is 2.79. The molecule has 0 aliphatic heterocycles. The summed E-state index contributed by atoms with van der Waals surface area (Å²) in [6.07, 6.45) is 1.63. The molecule has 0 atom stereocenters. The van der Waals surface area contributed by atoms with Crippen LogP contribution in [0.3, 0.4) is 0 Å². The van der Waals surface area contributed by atoms with Crippen LogP contribution in [0.25, 0.3) is 0 Å². The van der Waals surface area contributed by atoms with Crippen molar-refractivity contribution in [1.29, 1.82) is 0 Å². The summed E-state index contributed by atoms with van der Waals surface area (Å²) in [5.41, 5.74) is 0.571. The second-order valence-corrected chi connectivity index (χ2v) is 5.37. The largest absolute Gasteiger partial charge is 0.355 e. The van der Waals surface area contributed by atoms with Crippen LogP contribution in [0.5, 0.6) is 0 Å². The number of thioether (sulfide) groups is 1. The van der Waals surface area contributed by atoms with Gasteiger partial charge in [-0.25, -0.2) is 4.98 Å². The molecule has 6 heteroatoms. The Bertz CT molecular complexity index is 465. The van der Waals surface area contributed by atoms with Crippen molar-refractivity contribution in [1.82, 2.24) is 15.2 Å². The summed E-state index contributed by atoms with van der Waals surface area (Å²) in [6.45, 7) is 6.90. The minimum atomic E-state index is -0.140. The van der Waals surface area contributed by atoms with Gasteiger partial charge < -0.3 is 10.2 Å². The van der Waals surface area contributed by atoms with E-state index in [2.05, 4.69) is 10.3 Å².